The molecule has 3 amide bonds. The summed E-state index contributed by atoms with van der Waals surface area (Å²) in [5, 5.41) is 3.72. The van der Waals surface area contributed by atoms with Crippen LogP contribution in [0.15, 0.2) is 51.7 Å². The smallest absolute Gasteiger partial charge is 0.408 e. The number of anilines is 1. The third-order valence-electron chi connectivity index (χ3n) is 5.70. The molecule has 4 aromatic rings. The second-order valence-corrected chi connectivity index (χ2v) is 9.68. The highest BCUT2D eigenvalue weighted by molar-refractivity contribution is 7.17. The van der Waals surface area contributed by atoms with Crippen LogP contribution in [0.4, 0.5) is 9.80 Å². The van der Waals surface area contributed by atoms with Crippen molar-refractivity contribution in [2.24, 2.45) is 5.73 Å². The quantitative estimate of drug-likeness (QED) is 0.361. The van der Waals surface area contributed by atoms with Crippen LogP contribution in [0, 0.1) is 0 Å². The molecule has 36 heavy (non-hydrogen) atoms. The van der Waals surface area contributed by atoms with Crippen LogP contribution in [0.5, 0.6) is 5.75 Å². The fourth-order valence-electron chi connectivity index (χ4n) is 4.06. The Balaban J connectivity index is 1.36. The van der Waals surface area contributed by atoms with E-state index in [-0.39, 0.29) is 30.5 Å². The normalized spacial score (nSPS) is 12.9. The number of carbonyl (C=O) groups excluding carboxylic acids is 3. The summed E-state index contributed by atoms with van der Waals surface area (Å²) >= 11 is 7.12. The van der Waals surface area contributed by atoms with Crippen LogP contribution in [0.3, 0.4) is 0 Å². The Morgan fingerprint density at radius 3 is 2.72 bits per heavy atom. The fourth-order valence-corrected chi connectivity index (χ4v) is 5.39. The van der Waals surface area contributed by atoms with Gasteiger partial charge in [-0.2, -0.15) is 0 Å². The Kier molecular flexibility index (Phi) is 6.25. The van der Waals surface area contributed by atoms with Gasteiger partial charge in [-0.15, -0.1) is 11.3 Å². The van der Waals surface area contributed by atoms with Gasteiger partial charge >= 0.3 is 11.8 Å². The standard InChI is InChI=1S/C24H19ClN4O6S/c25-14-4-1-12(2-5-14)9-19(30)28-21-20(35-23(26)32)15-7-8-29(11-18(15)36-21)22(31)13-3-6-16-17(10-13)34-24(33)27-16/h1-6,10H,7-9,11H2,(H2,26,32)(H,27,33)(H,28,30). The van der Waals surface area contributed by atoms with E-state index < -0.39 is 11.8 Å². The zero-order valence-electron chi connectivity index (χ0n) is 18.6. The molecule has 1 aliphatic rings. The first-order chi connectivity index (χ1) is 17.3. The Bertz CT molecular complexity index is 1560. The van der Waals surface area contributed by atoms with Crippen LogP contribution in [0.2, 0.25) is 5.02 Å². The number of benzene rings is 2. The number of fused-ring (bicyclic) bond motifs is 2. The number of rotatable bonds is 5. The minimum absolute atomic E-state index is 0.0954. The molecule has 0 bridgehead atoms. The molecule has 0 spiro atoms. The Labute approximate surface area is 212 Å². The molecule has 0 saturated heterocycles. The molecule has 5 rings (SSSR count). The van der Waals surface area contributed by atoms with Gasteiger partial charge in [0.05, 0.1) is 18.5 Å². The molecule has 0 unspecified atom stereocenters. The molecule has 10 nitrogen and oxygen atoms in total. The predicted molar refractivity (Wildman–Crippen MR) is 134 cm³/mol. The van der Waals surface area contributed by atoms with Gasteiger partial charge in [-0.1, -0.05) is 23.7 Å². The number of oxazole rings is 1. The Morgan fingerprint density at radius 2 is 1.97 bits per heavy atom. The third kappa shape index (κ3) is 4.83. The summed E-state index contributed by atoms with van der Waals surface area (Å²) in [6.07, 6.45) is -0.504. The molecule has 0 atom stereocenters. The van der Waals surface area contributed by atoms with E-state index in [1.165, 1.54) is 17.4 Å². The van der Waals surface area contributed by atoms with Crippen LogP contribution in [-0.2, 0) is 24.2 Å². The first-order valence-corrected chi connectivity index (χ1v) is 12.0. The number of thiophene rings is 1. The molecule has 0 saturated carbocycles. The van der Waals surface area contributed by atoms with Crippen molar-refractivity contribution in [2.45, 2.75) is 19.4 Å². The van der Waals surface area contributed by atoms with Crippen molar-refractivity contribution in [1.82, 2.24) is 9.88 Å². The number of hydrogen-bond donors (Lipinski definition) is 3. The van der Waals surface area contributed by atoms with Crippen LogP contribution in [-0.4, -0.2) is 34.3 Å². The number of H-pyrrole nitrogens is 1. The average Bonchev–Trinajstić information content (AvgIpc) is 3.37. The highest BCUT2D eigenvalue weighted by Gasteiger charge is 2.30. The molecule has 1 aliphatic heterocycles. The van der Waals surface area contributed by atoms with E-state index in [0.29, 0.717) is 39.7 Å². The lowest BCUT2D eigenvalue weighted by Crippen LogP contribution is -2.35. The predicted octanol–water partition coefficient (Wildman–Crippen LogP) is 3.67. The van der Waals surface area contributed by atoms with Crippen molar-refractivity contribution >= 4 is 56.9 Å². The fraction of sp³-hybridized carbons (Fsp3) is 0.167. The van der Waals surface area contributed by atoms with Gasteiger partial charge in [-0.05, 0) is 42.3 Å². The largest absolute Gasteiger partial charge is 0.417 e. The number of aromatic amines is 1. The highest BCUT2D eigenvalue weighted by atomic mass is 35.5. The molecular formula is C24H19ClN4O6S. The topological polar surface area (TPSA) is 148 Å². The maximum absolute atomic E-state index is 13.2. The van der Waals surface area contributed by atoms with Gasteiger partial charge in [0, 0.05) is 27.6 Å². The second-order valence-electron chi connectivity index (χ2n) is 8.14. The number of hydrogen-bond acceptors (Lipinski definition) is 7. The first-order valence-electron chi connectivity index (χ1n) is 10.8. The molecule has 2 aromatic carbocycles. The maximum atomic E-state index is 13.2. The number of carbonyl (C=O) groups is 3. The van der Waals surface area contributed by atoms with Gasteiger partial charge in [-0.3, -0.25) is 14.6 Å². The summed E-state index contributed by atoms with van der Waals surface area (Å²) in [6, 6.07) is 11.6. The number of halogens is 1. The van der Waals surface area contributed by atoms with Crippen LogP contribution in [0.1, 0.15) is 26.4 Å². The molecule has 2 aromatic heterocycles. The summed E-state index contributed by atoms with van der Waals surface area (Å²) in [4.78, 5) is 53.7. The number of primary amides is 1. The van der Waals surface area contributed by atoms with E-state index in [9.17, 15) is 19.2 Å². The number of nitrogens with one attached hydrogen (secondary N) is 2. The molecule has 3 heterocycles. The number of amides is 3. The lowest BCUT2D eigenvalue weighted by atomic mass is 10.1. The SMILES string of the molecule is NC(=O)Oc1c(NC(=O)Cc2ccc(Cl)cc2)sc2c1CCN(C(=O)c1ccc3[nH]c(=O)oc3c1)C2. The maximum Gasteiger partial charge on any atom is 0.417 e. The highest BCUT2D eigenvalue weighted by Crippen LogP contribution is 2.43. The van der Waals surface area contributed by atoms with Crippen molar-refractivity contribution in [3.8, 4) is 5.75 Å². The summed E-state index contributed by atoms with van der Waals surface area (Å²) < 4.78 is 10.3. The van der Waals surface area contributed by atoms with Gasteiger partial charge in [0.2, 0.25) is 5.91 Å². The molecular weight excluding hydrogens is 508 g/mol. The van der Waals surface area contributed by atoms with Gasteiger partial charge < -0.3 is 25.1 Å². The zero-order chi connectivity index (χ0) is 25.4. The van der Waals surface area contributed by atoms with Gasteiger partial charge in [0.15, 0.2) is 11.3 Å². The Morgan fingerprint density at radius 1 is 1.19 bits per heavy atom. The monoisotopic (exact) mass is 526 g/mol. The summed E-state index contributed by atoms with van der Waals surface area (Å²) in [7, 11) is 0. The van der Waals surface area contributed by atoms with Crippen LogP contribution in [0.25, 0.3) is 11.1 Å². The summed E-state index contributed by atoms with van der Waals surface area (Å²) in [6.45, 7) is 0.598. The number of ether oxygens (including phenoxy) is 1. The van der Waals surface area contributed by atoms with Crippen molar-refractivity contribution < 1.29 is 23.5 Å². The van der Waals surface area contributed by atoms with E-state index in [1.54, 1.807) is 41.3 Å². The minimum Gasteiger partial charge on any atom is -0.408 e. The number of nitrogens with two attached hydrogens (primary N) is 1. The third-order valence-corrected chi connectivity index (χ3v) is 7.06. The number of nitrogens with zero attached hydrogens (tertiary/aromatic N) is 1. The second kappa shape index (κ2) is 9.51. The lowest BCUT2D eigenvalue weighted by Gasteiger charge is -2.27. The van der Waals surface area contributed by atoms with Crippen LogP contribution >= 0.6 is 22.9 Å². The van der Waals surface area contributed by atoms with Gasteiger partial charge in [-0.25, -0.2) is 9.59 Å². The zero-order valence-corrected chi connectivity index (χ0v) is 20.2. The molecule has 0 radical (unpaired) electrons. The van der Waals surface area contributed by atoms with Crippen molar-refractivity contribution in [2.75, 3.05) is 11.9 Å². The molecule has 0 fully saturated rings. The molecule has 12 heteroatoms. The van der Waals surface area contributed by atoms with E-state index in [0.717, 1.165) is 16.0 Å². The van der Waals surface area contributed by atoms with E-state index >= 15 is 0 Å². The van der Waals surface area contributed by atoms with Gasteiger partial charge in [0.1, 0.15) is 5.00 Å². The van der Waals surface area contributed by atoms with Crippen molar-refractivity contribution in [3.05, 3.63) is 79.6 Å². The first kappa shape index (κ1) is 23.6. The molecule has 184 valence electrons. The van der Waals surface area contributed by atoms with Crippen molar-refractivity contribution in [1.29, 1.82) is 0 Å². The summed E-state index contributed by atoms with van der Waals surface area (Å²) in [5.74, 6) is -0.942. The average molecular weight is 527 g/mol. The molecule has 4 N–H and O–H groups in total. The van der Waals surface area contributed by atoms with E-state index in [1.807, 2.05) is 0 Å². The van der Waals surface area contributed by atoms with Crippen LogP contribution < -0.4 is 21.5 Å². The van der Waals surface area contributed by atoms with E-state index in [2.05, 4.69) is 10.3 Å². The van der Waals surface area contributed by atoms with E-state index in [4.69, 9.17) is 26.5 Å². The van der Waals surface area contributed by atoms with Gasteiger partial charge in [0.25, 0.3) is 5.91 Å². The lowest BCUT2D eigenvalue weighted by molar-refractivity contribution is -0.115. The molecule has 0 aliphatic carbocycles. The minimum atomic E-state index is -0.997. The Hall–Kier alpha value is -4.09. The van der Waals surface area contributed by atoms with Crippen molar-refractivity contribution in [3.63, 3.8) is 0 Å². The number of aromatic nitrogens is 1. The summed E-state index contributed by atoms with van der Waals surface area (Å²) in [5.41, 5.74) is 7.93.